The molecule has 0 radical (unpaired) electrons. The van der Waals surface area contributed by atoms with Gasteiger partial charge in [-0.1, -0.05) is 19.1 Å². The van der Waals surface area contributed by atoms with Crippen LogP contribution in [0.2, 0.25) is 0 Å². The molecule has 0 amide bonds. The van der Waals surface area contributed by atoms with Gasteiger partial charge in [-0.15, -0.1) is 0 Å². The smallest absolute Gasteiger partial charge is 0.122 e. The van der Waals surface area contributed by atoms with Crippen molar-refractivity contribution in [2.45, 2.75) is 32.4 Å². The molecule has 1 aliphatic heterocycles. The van der Waals surface area contributed by atoms with Gasteiger partial charge in [0, 0.05) is 13.2 Å². The summed E-state index contributed by atoms with van der Waals surface area (Å²) in [5.41, 5.74) is 1.29. The molecule has 1 fully saturated rings. The second-order valence-electron chi connectivity index (χ2n) is 4.38. The summed E-state index contributed by atoms with van der Waals surface area (Å²) in [4.78, 5) is 0. The summed E-state index contributed by atoms with van der Waals surface area (Å²) in [7, 11) is 0. The SMILES string of the molecule is CCNCc1ccc(OC2CCCOC2)cc1. The van der Waals surface area contributed by atoms with Crippen molar-refractivity contribution >= 4 is 0 Å². The van der Waals surface area contributed by atoms with Crippen LogP contribution in [0.4, 0.5) is 0 Å². The summed E-state index contributed by atoms with van der Waals surface area (Å²) in [6.45, 7) is 5.63. The van der Waals surface area contributed by atoms with Crippen LogP contribution < -0.4 is 10.1 Å². The number of ether oxygens (including phenoxy) is 2. The Hall–Kier alpha value is -1.06. The molecular formula is C14H21NO2. The Labute approximate surface area is 103 Å². The average Bonchev–Trinajstić information content (AvgIpc) is 2.39. The molecule has 17 heavy (non-hydrogen) atoms. The van der Waals surface area contributed by atoms with Gasteiger partial charge in [-0.25, -0.2) is 0 Å². The highest BCUT2D eigenvalue weighted by Gasteiger charge is 2.14. The molecule has 3 heteroatoms. The Morgan fingerprint density at radius 1 is 1.35 bits per heavy atom. The van der Waals surface area contributed by atoms with Crippen molar-refractivity contribution in [3.05, 3.63) is 29.8 Å². The molecule has 2 rings (SSSR count). The molecule has 0 aliphatic carbocycles. The van der Waals surface area contributed by atoms with Crippen LogP contribution >= 0.6 is 0 Å². The van der Waals surface area contributed by atoms with Crippen LogP contribution in [0.15, 0.2) is 24.3 Å². The van der Waals surface area contributed by atoms with Crippen molar-refractivity contribution in [1.29, 1.82) is 0 Å². The van der Waals surface area contributed by atoms with E-state index in [1.165, 1.54) is 5.56 Å². The maximum absolute atomic E-state index is 5.87. The van der Waals surface area contributed by atoms with Crippen molar-refractivity contribution in [2.24, 2.45) is 0 Å². The Kier molecular flexibility index (Phi) is 4.83. The third-order valence-electron chi connectivity index (χ3n) is 2.92. The molecule has 1 aromatic rings. The first kappa shape index (κ1) is 12.4. The van der Waals surface area contributed by atoms with Crippen LogP contribution in [0, 0.1) is 0 Å². The van der Waals surface area contributed by atoms with Gasteiger partial charge in [-0.05, 0) is 37.1 Å². The first-order chi connectivity index (χ1) is 8.38. The third kappa shape index (κ3) is 4.02. The van der Waals surface area contributed by atoms with Crippen LogP contribution in [0.25, 0.3) is 0 Å². The molecule has 3 nitrogen and oxygen atoms in total. The highest BCUT2D eigenvalue weighted by atomic mass is 16.5. The lowest BCUT2D eigenvalue weighted by Crippen LogP contribution is -2.27. The second kappa shape index (κ2) is 6.62. The van der Waals surface area contributed by atoms with Crippen LogP contribution in [0.1, 0.15) is 25.3 Å². The fourth-order valence-electron chi connectivity index (χ4n) is 1.95. The van der Waals surface area contributed by atoms with Gasteiger partial charge in [0.25, 0.3) is 0 Å². The largest absolute Gasteiger partial charge is 0.488 e. The second-order valence-corrected chi connectivity index (χ2v) is 4.38. The molecule has 0 spiro atoms. The van der Waals surface area contributed by atoms with E-state index in [0.29, 0.717) is 0 Å². The standard InChI is InChI=1S/C14H21NO2/c1-2-15-10-12-5-7-13(8-6-12)17-14-4-3-9-16-11-14/h5-8,14-15H,2-4,9-11H2,1H3. The fourth-order valence-corrected chi connectivity index (χ4v) is 1.95. The van der Waals surface area contributed by atoms with Crippen molar-refractivity contribution in [3.8, 4) is 5.75 Å². The average molecular weight is 235 g/mol. The number of hydrogen-bond acceptors (Lipinski definition) is 3. The molecule has 1 aromatic carbocycles. The Morgan fingerprint density at radius 2 is 2.18 bits per heavy atom. The van der Waals surface area contributed by atoms with E-state index in [2.05, 4.69) is 24.4 Å². The molecule has 1 N–H and O–H groups in total. The Morgan fingerprint density at radius 3 is 2.82 bits per heavy atom. The van der Waals surface area contributed by atoms with E-state index >= 15 is 0 Å². The topological polar surface area (TPSA) is 30.5 Å². The van der Waals surface area contributed by atoms with Crippen molar-refractivity contribution in [1.82, 2.24) is 5.32 Å². The quantitative estimate of drug-likeness (QED) is 0.850. The summed E-state index contributed by atoms with van der Waals surface area (Å²) in [5, 5.41) is 3.30. The molecule has 1 unspecified atom stereocenters. The summed E-state index contributed by atoms with van der Waals surface area (Å²) < 4.78 is 11.3. The van der Waals surface area contributed by atoms with Gasteiger partial charge in [-0.2, -0.15) is 0 Å². The van der Waals surface area contributed by atoms with Gasteiger partial charge in [0.05, 0.1) is 6.61 Å². The number of nitrogens with one attached hydrogen (secondary N) is 1. The third-order valence-corrected chi connectivity index (χ3v) is 2.92. The zero-order chi connectivity index (χ0) is 11.9. The van der Waals surface area contributed by atoms with Crippen LogP contribution in [-0.2, 0) is 11.3 Å². The minimum absolute atomic E-state index is 0.225. The van der Waals surface area contributed by atoms with Gasteiger partial charge in [-0.3, -0.25) is 0 Å². The predicted molar refractivity (Wildman–Crippen MR) is 68.3 cm³/mol. The van der Waals surface area contributed by atoms with E-state index in [1.54, 1.807) is 0 Å². The fraction of sp³-hybridized carbons (Fsp3) is 0.571. The van der Waals surface area contributed by atoms with E-state index in [0.717, 1.165) is 44.9 Å². The molecule has 1 atom stereocenters. The molecule has 0 bridgehead atoms. The monoisotopic (exact) mass is 235 g/mol. The van der Waals surface area contributed by atoms with E-state index in [1.807, 2.05) is 12.1 Å². The van der Waals surface area contributed by atoms with E-state index in [4.69, 9.17) is 9.47 Å². The van der Waals surface area contributed by atoms with E-state index in [9.17, 15) is 0 Å². The number of benzene rings is 1. The minimum atomic E-state index is 0.225. The molecule has 1 heterocycles. The molecule has 0 saturated carbocycles. The summed E-state index contributed by atoms with van der Waals surface area (Å²) >= 11 is 0. The lowest BCUT2D eigenvalue weighted by Gasteiger charge is -2.23. The van der Waals surface area contributed by atoms with Gasteiger partial charge < -0.3 is 14.8 Å². The zero-order valence-corrected chi connectivity index (χ0v) is 10.4. The molecule has 94 valence electrons. The lowest BCUT2D eigenvalue weighted by molar-refractivity contribution is 0.00742. The maximum atomic E-state index is 5.87. The van der Waals surface area contributed by atoms with Gasteiger partial charge in [0.15, 0.2) is 0 Å². The first-order valence-corrected chi connectivity index (χ1v) is 6.42. The summed E-state index contributed by atoms with van der Waals surface area (Å²) in [5.74, 6) is 0.945. The van der Waals surface area contributed by atoms with Gasteiger partial charge >= 0.3 is 0 Å². The Balaban J connectivity index is 1.84. The predicted octanol–water partition coefficient (Wildman–Crippen LogP) is 2.35. The Bertz CT molecular complexity index is 317. The van der Waals surface area contributed by atoms with Crippen LogP contribution in [0.5, 0.6) is 5.75 Å². The zero-order valence-electron chi connectivity index (χ0n) is 10.4. The number of rotatable bonds is 5. The van der Waals surface area contributed by atoms with Crippen LogP contribution in [-0.4, -0.2) is 25.9 Å². The minimum Gasteiger partial charge on any atom is -0.488 e. The van der Waals surface area contributed by atoms with E-state index in [-0.39, 0.29) is 6.10 Å². The normalized spacial score (nSPS) is 20.2. The van der Waals surface area contributed by atoms with Crippen molar-refractivity contribution in [2.75, 3.05) is 19.8 Å². The molecule has 1 aliphatic rings. The highest BCUT2D eigenvalue weighted by Crippen LogP contribution is 2.17. The molecule has 1 saturated heterocycles. The lowest BCUT2D eigenvalue weighted by atomic mass is 10.1. The highest BCUT2D eigenvalue weighted by molar-refractivity contribution is 5.27. The van der Waals surface area contributed by atoms with Gasteiger partial charge in [0.1, 0.15) is 11.9 Å². The number of hydrogen-bond donors (Lipinski definition) is 1. The summed E-state index contributed by atoms with van der Waals surface area (Å²) in [6.07, 6.45) is 2.42. The first-order valence-electron chi connectivity index (χ1n) is 6.42. The summed E-state index contributed by atoms with van der Waals surface area (Å²) in [6, 6.07) is 8.31. The molecule has 0 aromatic heterocycles. The van der Waals surface area contributed by atoms with Crippen molar-refractivity contribution < 1.29 is 9.47 Å². The van der Waals surface area contributed by atoms with Gasteiger partial charge in [0.2, 0.25) is 0 Å². The molecular weight excluding hydrogens is 214 g/mol. The maximum Gasteiger partial charge on any atom is 0.122 e. The van der Waals surface area contributed by atoms with E-state index < -0.39 is 0 Å². The van der Waals surface area contributed by atoms with Crippen LogP contribution in [0.3, 0.4) is 0 Å². The van der Waals surface area contributed by atoms with Crippen molar-refractivity contribution in [3.63, 3.8) is 0 Å².